The molecule has 0 bridgehead atoms. The molecule has 0 aliphatic heterocycles. The Kier molecular flexibility index (Phi) is 4.13. The Morgan fingerprint density at radius 3 is 2.24 bits per heavy atom. The monoisotopic (exact) mass is 294 g/mol. The summed E-state index contributed by atoms with van der Waals surface area (Å²) in [6, 6.07) is 20.3. The lowest BCUT2D eigenvalue weighted by atomic mass is 10.1. The van der Waals surface area contributed by atoms with Crippen molar-refractivity contribution in [1.82, 2.24) is 4.98 Å². The smallest absolute Gasteiger partial charge is 0.115 e. The van der Waals surface area contributed by atoms with Gasteiger partial charge in [-0.05, 0) is 12.0 Å². The lowest BCUT2D eigenvalue weighted by Gasteiger charge is -2.08. The molecule has 0 aliphatic carbocycles. The Balaban J connectivity index is 2.00. The van der Waals surface area contributed by atoms with Crippen molar-refractivity contribution in [2.75, 3.05) is 0 Å². The van der Waals surface area contributed by atoms with Crippen LogP contribution in [0, 0.1) is 0 Å². The van der Waals surface area contributed by atoms with Crippen LogP contribution >= 0.6 is 11.3 Å². The number of benzene rings is 2. The van der Waals surface area contributed by atoms with Crippen molar-refractivity contribution in [2.24, 2.45) is 5.73 Å². The molecule has 2 aromatic carbocycles. The van der Waals surface area contributed by atoms with Gasteiger partial charge >= 0.3 is 0 Å². The fraction of sp³-hybridized carbons (Fsp3) is 0.167. The van der Waals surface area contributed by atoms with E-state index in [1.165, 1.54) is 4.88 Å². The standard InChI is InChI=1S/C18H18N2S/c1-2-15-17(14-11-7-4-8-12-14)20-18(21-15)16(19)13-9-5-3-6-10-13/h3-12,16H,2,19H2,1H3. The maximum Gasteiger partial charge on any atom is 0.115 e. The second-order valence-electron chi connectivity index (χ2n) is 4.93. The predicted octanol–water partition coefficient (Wildman–Crippen LogP) is 4.42. The second kappa shape index (κ2) is 6.20. The maximum atomic E-state index is 6.38. The van der Waals surface area contributed by atoms with Gasteiger partial charge in [0.1, 0.15) is 5.01 Å². The summed E-state index contributed by atoms with van der Waals surface area (Å²) in [5.41, 5.74) is 9.72. The zero-order chi connectivity index (χ0) is 14.7. The summed E-state index contributed by atoms with van der Waals surface area (Å²) in [5.74, 6) is 0. The van der Waals surface area contributed by atoms with Crippen molar-refractivity contribution < 1.29 is 0 Å². The molecule has 0 amide bonds. The van der Waals surface area contributed by atoms with Crippen molar-refractivity contribution in [3.05, 3.63) is 76.1 Å². The number of aromatic nitrogens is 1. The van der Waals surface area contributed by atoms with Crippen LogP contribution in [-0.4, -0.2) is 4.98 Å². The molecule has 1 unspecified atom stereocenters. The molecule has 0 aliphatic rings. The van der Waals surface area contributed by atoms with Crippen molar-refractivity contribution in [2.45, 2.75) is 19.4 Å². The van der Waals surface area contributed by atoms with Gasteiger partial charge in [-0.25, -0.2) is 4.98 Å². The van der Waals surface area contributed by atoms with Gasteiger partial charge in [0.2, 0.25) is 0 Å². The Labute approximate surface area is 129 Å². The fourth-order valence-corrected chi connectivity index (χ4v) is 3.42. The van der Waals surface area contributed by atoms with E-state index in [0.717, 1.165) is 28.2 Å². The minimum atomic E-state index is -0.154. The highest BCUT2D eigenvalue weighted by Gasteiger charge is 2.17. The van der Waals surface area contributed by atoms with E-state index in [1.54, 1.807) is 11.3 Å². The Morgan fingerprint density at radius 1 is 1.00 bits per heavy atom. The van der Waals surface area contributed by atoms with E-state index >= 15 is 0 Å². The summed E-state index contributed by atoms with van der Waals surface area (Å²) in [6.45, 7) is 2.16. The molecular weight excluding hydrogens is 276 g/mol. The normalized spacial score (nSPS) is 12.3. The quantitative estimate of drug-likeness (QED) is 0.773. The van der Waals surface area contributed by atoms with Crippen molar-refractivity contribution in [1.29, 1.82) is 0 Å². The van der Waals surface area contributed by atoms with E-state index < -0.39 is 0 Å². The molecule has 21 heavy (non-hydrogen) atoms. The first-order valence-electron chi connectivity index (χ1n) is 7.15. The minimum Gasteiger partial charge on any atom is -0.318 e. The topological polar surface area (TPSA) is 38.9 Å². The Morgan fingerprint density at radius 2 is 1.62 bits per heavy atom. The molecule has 3 aromatic rings. The lowest BCUT2D eigenvalue weighted by Crippen LogP contribution is -2.11. The zero-order valence-corrected chi connectivity index (χ0v) is 12.8. The number of thiazole rings is 1. The van der Waals surface area contributed by atoms with Crippen LogP contribution in [0.5, 0.6) is 0 Å². The van der Waals surface area contributed by atoms with Crippen LogP contribution in [0.1, 0.15) is 28.4 Å². The molecule has 0 saturated heterocycles. The fourth-order valence-electron chi connectivity index (χ4n) is 2.37. The van der Waals surface area contributed by atoms with Gasteiger partial charge < -0.3 is 5.73 Å². The van der Waals surface area contributed by atoms with E-state index in [-0.39, 0.29) is 6.04 Å². The molecule has 1 heterocycles. The average Bonchev–Trinajstić information content (AvgIpc) is 3.00. The third-order valence-electron chi connectivity index (χ3n) is 3.51. The molecule has 0 saturated carbocycles. The van der Waals surface area contributed by atoms with Gasteiger partial charge in [0.15, 0.2) is 0 Å². The van der Waals surface area contributed by atoms with E-state index in [4.69, 9.17) is 10.7 Å². The SMILES string of the molecule is CCc1sc(C(N)c2ccccc2)nc1-c1ccccc1. The first-order chi connectivity index (χ1) is 10.3. The lowest BCUT2D eigenvalue weighted by molar-refractivity contribution is 0.858. The Hall–Kier alpha value is -1.97. The summed E-state index contributed by atoms with van der Waals surface area (Å²) in [4.78, 5) is 6.12. The molecule has 3 heteroatoms. The molecule has 0 spiro atoms. The summed E-state index contributed by atoms with van der Waals surface area (Å²) < 4.78 is 0. The van der Waals surface area contributed by atoms with Crippen molar-refractivity contribution in [3.8, 4) is 11.3 Å². The summed E-state index contributed by atoms with van der Waals surface area (Å²) >= 11 is 1.72. The number of aryl methyl sites for hydroxylation is 1. The van der Waals surface area contributed by atoms with Crippen LogP contribution < -0.4 is 5.73 Å². The van der Waals surface area contributed by atoms with Gasteiger partial charge in [-0.1, -0.05) is 67.6 Å². The largest absolute Gasteiger partial charge is 0.318 e. The first-order valence-corrected chi connectivity index (χ1v) is 7.96. The highest BCUT2D eigenvalue weighted by atomic mass is 32.1. The minimum absolute atomic E-state index is 0.154. The molecule has 3 rings (SSSR count). The average molecular weight is 294 g/mol. The number of hydrogen-bond acceptors (Lipinski definition) is 3. The van der Waals surface area contributed by atoms with E-state index in [0.29, 0.717) is 0 Å². The van der Waals surface area contributed by atoms with Crippen LogP contribution in [0.25, 0.3) is 11.3 Å². The Bertz CT molecular complexity index is 705. The molecular formula is C18H18N2S. The van der Waals surface area contributed by atoms with E-state index in [2.05, 4.69) is 31.2 Å². The molecule has 1 atom stereocenters. The highest BCUT2D eigenvalue weighted by molar-refractivity contribution is 7.12. The van der Waals surface area contributed by atoms with Crippen LogP contribution in [-0.2, 0) is 6.42 Å². The van der Waals surface area contributed by atoms with Gasteiger partial charge in [-0.3, -0.25) is 0 Å². The molecule has 1 aromatic heterocycles. The van der Waals surface area contributed by atoms with Gasteiger partial charge in [0, 0.05) is 10.4 Å². The van der Waals surface area contributed by atoms with Gasteiger partial charge in [-0.2, -0.15) is 0 Å². The third kappa shape index (κ3) is 2.89. The number of rotatable bonds is 4. The van der Waals surface area contributed by atoms with Crippen LogP contribution in [0.3, 0.4) is 0 Å². The van der Waals surface area contributed by atoms with Crippen molar-refractivity contribution >= 4 is 11.3 Å². The molecule has 106 valence electrons. The number of nitrogens with two attached hydrogens (primary N) is 1. The van der Waals surface area contributed by atoms with Crippen LogP contribution in [0.2, 0.25) is 0 Å². The maximum absolute atomic E-state index is 6.38. The molecule has 0 radical (unpaired) electrons. The van der Waals surface area contributed by atoms with Crippen molar-refractivity contribution in [3.63, 3.8) is 0 Å². The van der Waals surface area contributed by atoms with Gasteiger partial charge in [-0.15, -0.1) is 11.3 Å². The molecule has 2 N–H and O–H groups in total. The van der Waals surface area contributed by atoms with E-state index in [9.17, 15) is 0 Å². The third-order valence-corrected chi connectivity index (χ3v) is 4.79. The first kappa shape index (κ1) is 14.0. The van der Waals surface area contributed by atoms with Crippen LogP contribution in [0.15, 0.2) is 60.7 Å². The zero-order valence-electron chi connectivity index (χ0n) is 12.0. The molecule has 0 fully saturated rings. The van der Waals surface area contributed by atoms with Crippen LogP contribution in [0.4, 0.5) is 0 Å². The van der Waals surface area contributed by atoms with Gasteiger partial charge in [0.25, 0.3) is 0 Å². The summed E-state index contributed by atoms with van der Waals surface area (Å²) in [5, 5.41) is 0.983. The molecule has 2 nitrogen and oxygen atoms in total. The highest BCUT2D eigenvalue weighted by Crippen LogP contribution is 2.32. The summed E-state index contributed by atoms with van der Waals surface area (Å²) in [6.07, 6.45) is 0.976. The predicted molar refractivity (Wildman–Crippen MR) is 89.4 cm³/mol. The van der Waals surface area contributed by atoms with E-state index in [1.807, 2.05) is 36.4 Å². The second-order valence-corrected chi connectivity index (χ2v) is 6.05. The number of nitrogens with zero attached hydrogens (tertiary/aromatic N) is 1. The van der Waals surface area contributed by atoms with Gasteiger partial charge in [0.05, 0.1) is 11.7 Å². The number of hydrogen-bond donors (Lipinski definition) is 1. The summed E-state index contributed by atoms with van der Waals surface area (Å²) in [7, 11) is 0.